The van der Waals surface area contributed by atoms with Crippen molar-refractivity contribution < 1.29 is 9.53 Å². The van der Waals surface area contributed by atoms with Gasteiger partial charge in [-0.1, -0.05) is 0 Å². The minimum Gasteiger partial charge on any atom is -0.378 e. The van der Waals surface area contributed by atoms with E-state index in [0.717, 1.165) is 50.5 Å². The SMILES string of the molecule is O=C(NCc1ccnc(N2CCOCC2)n1)c1nccc(N2CCCCC2)n1. The molecule has 28 heavy (non-hydrogen) atoms. The van der Waals surface area contributed by atoms with Crippen LogP contribution in [0, 0.1) is 0 Å². The van der Waals surface area contributed by atoms with Crippen LogP contribution in [0.25, 0.3) is 0 Å². The van der Waals surface area contributed by atoms with Gasteiger partial charge in [-0.05, 0) is 31.4 Å². The first-order valence-electron chi connectivity index (χ1n) is 9.80. The van der Waals surface area contributed by atoms with E-state index < -0.39 is 0 Å². The summed E-state index contributed by atoms with van der Waals surface area (Å²) in [6.07, 6.45) is 6.93. The van der Waals surface area contributed by atoms with E-state index in [2.05, 4.69) is 35.1 Å². The van der Waals surface area contributed by atoms with Gasteiger partial charge in [-0.25, -0.2) is 19.9 Å². The van der Waals surface area contributed by atoms with Crippen LogP contribution in [-0.2, 0) is 11.3 Å². The third kappa shape index (κ3) is 4.53. The van der Waals surface area contributed by atoms with Crippen molar-refractivity contribution in [2.45, 2.75) is 25.8 Å². The molecule has 0 unspecified atom stereocenters. The molecule has 9 heteroatoms. The molecule has 0 radical (unpaired) electrons. The fraction of sp³-hybridized carbons (Fsp3) is 0.526. The summed E-state index contributed by atoms with van der Waals surface area (Å²) in [4.78, 5) is 34.3. The molecular formula is C19H25N7O2. The van der Waals surface area contributed by atoms with Crippen molar-refractivity contribution in [3.63, 3.8) is 0 Å². The van der Waals surface area contributed by atoms with E-state index in [1.807, 2.05) is 6.07 Å². The summed E-state index contributed by atoms with van der Waals surface area (Å²) >= 11 is 0. The van der Waals surface area contributed by atoms with Crippen LogP contribution in [0.3, 0.4) is 0 Å². The molecule has 0 saturated carbocycles. The number of aromatic nitrogens is 4. The molecule has 1 N–H and O–H groups in total. The van der Waals surface area contributed by atoms with Gasteiger partial charge in [-0.15, -0.1) is 0 Å². The molecule has 1 amide bonds. The second-order valence-electron chi connectivity index (χ2n) is 6.92. The third-order valence-corrected chi connectivity index (χ3v) is 4.95. The Kier molecular flexibility index (Phi) is 5.91. The quantitative estimate of drug-likeness (QED) is 0.818. The highest BCUT2D eigenvalue weighted by Gasteiger charge is 2.17. The molecule has 4 rings (SSSR count). The Balaban J connectivity index is 1.38. The van der Waals surface area contributed by atoms with Crippen molar-refractivity contribution in [2.75, 3.05) is 49.2 Å². The number of rotatable bonds is 5. The fourth-order valence-corrected chi connectivity index (χ4v) is 3.41. The molecule has 9 nitrogen and oxygen atoms in total. The Morgan fingerprint density at radius 2 is 1.75 bits per heavy atom. The molecule has 0 atom stereocenters. The van der Waals surface area contributed by atoms with Crippen molar-refractivity contribution in [1.82, 2.24) is 25.3 Å². The number of piperidine rings is 1. The average molecular weight is 383 g/mol. The van der Waals surface area contributed by atoms with Gasteiger partial charge in [0, 0.05) is 38.6 Å². The van der Waals surface area contributed by atoms with Gasteiger partial charge >= 0.3 is 0 Å². The van der Waals surface area contributed by atoms with E-state index in [4.69, 9.17) is 4.74 Å². The molecule has 4 heterocycles. The summed E-state index contributed by atoms with van der Waals surface area (Å²) in [5.74, 6) is 1.37. The predicted octanol–water partition coefficient (Wildman–Crippen LogP) is 1.02. The Bertz CT molecular complexity index is 804. The number of amides is 1. The summed E-state index contributed by atoms with van der Waals surface area (Å²) < 4.78 is 5.36. The molecule has 2 aromatic heterocycles. The molecule has 2 saturated heterocycles. The summed E-state index contributed by atoms with van der Waals surface area (Å²) in [7, 11) is 0. The molecule has 2 aliphatic heterocycles. The van der Waals surface area contributed by atoms with Crippen molar-refractivity contribution in [1.29, 1.82) is 0 Å². The van der Waals surface area contributed by atoms with Gasteiger partial charge in [-0.2, -0.15) is 0 Å². The smallest absolute Gasteiger partial charge is 0.289 e. The number of carbonyl (C=O) groups is 1. The molecule has 148 valence electrons. The van der Waals surface area contributed by atoms with E-state index >= 15 is 0 Å². The lowest BCUT2D eigenvalue weighted by atomic mass is 10.1. The molecule has 0 spiro atoms. The third-order valence-electron chi connectivity index (χ3n) is 4.95. The first-order chi connectivity index (χ1) is 13.8. The van der Waals surface area contributed by atoms with Crippen LogP contribution >= 0.6 is 0 Å². The summed E-state index contributed by atoms with van der Waals surface area (Å²) in [6, 6.07) is 3.66. The molecule has 0 aliphatic carbocycles. The molecule has 0 bridgehead atoms. The molecule has 2 fully saturated rings. The molecule has 2 aromatic rings. The largest absolute Gasteiger partial charge is 0.378 e. The van der Waals surface area contributed by atoms with E-state index in [-0.39, 0.29) is 11.7 Å². The second-order valence-corrected chi connectivity index (χ2v) is 6.92. The van der Waals surface area contributed by atoms with Gasteiger partial charge in [0.05, 0.1) is 25.5 Å². The Morgan fingerprint density at radius 3 is 2.57 bits per heavy atom. The average Bonchev–Trinajstić information content (AvgIpc) is 2.79. The number of anilines is 2. The van der Waals surface area contributed by atoms with E-state index in [9.17, 15) is 4.79 Å². The van der Waals surface area contributed by atoms with Gasteiger partial charge in [-0.3, -0.25) is 4.79 Å². The minimum atomic E-state index is -0.301. The normalized spacial score (nSPS) is 17.4. The number of nitrogens with one attached hydrogen (secondary N) is 1. The van der Waals surface area contributed by atoms with Crippen LogP contribution < -0.4 is 15.1 Å². The highest BCUT2D eigenvalue weighted by Crippen LogP contribution is 2.17. The molecule has 2 aliphatic rings. The Labute approximate surface area is 164 Å². The maximum atomic E-state index is 12.5. The molecule has 0 aromatic carbocycles. The van der Waals surface area contributed by atoms with Crippen LogP contribution in [0.2, 0.25) is 0 Å². The van der Waals surface area contributed by atoms with Gasteiger partial charge in [0.1, 0.15) is 5.82 Å². The lowest BCUT2D eigenvalue weighted by molar-refractivity contribution is 0.0940. The zero-order valence-electron chi connectivity index (χ0n) is 15.9. The topological polar surface area (TPSA) is 96.4 Å². The summed E-state index contributed by atoms with van der Waals surface area (Å²) in [5, 5.41) is 2.86. The fourth-order valence-electron chi connectivity index (χ4n) is 3.41. The van der Waals surface area contributed by atoms with Crippen LogP contribution in [0.15, 0.2) is 24.5 Å². The summed E-state index contributed by atoms with van der Waals surface area (Å²) in [6.45, 7) is 5.15. The van der Waals surface area contributed by atoms with Crippen LogP contribution in [0.5, 0.6) is 0 Å². The highest BCUT2D eigenvalue weighted by molar-refractivity contribution is 5.90. The van der Waals surface area contributed by atoms with Crippen LogP contribution in [0.1, 0.15) is 35.6 Å². The van der Waals surface area contributed by atoms with Crippen molar-refractivity contribution in [3.8, 4) is 0 Å². The molecular weight excluding hydrogens is 358 g/mol. The zero-order valence-corrected chi connectivity index (χ0v) is 15.9. The summed E-state index contributed by atoms with van der Waals surface area (Å²) in [5.41, 5.74) is 0.747. The van der Waals surface area contributed by atoms with Crippen molar-refractivity contribution in [3.05, 3.63) is 36.0 Å². The number of nitrogens with zero attached hydrogens (tertiary/aromatic N) is 6. The van der Waals surface area contributed by atoms with E-state index in [1.54, 1.807) is 18.5 Å². The van der Waals surface area contributed by atoms with E-state index in [1.165, 1.54) is 6.42 Å². The van der Waals surface area contributed by atoms with Crippen LogP contribution in [-0.4, -0.2) is 65.2 Å². The standard InChI is InChI=1S/C19H25N7O2/c27-18(17-20-7-5-16(24-17)25-8-2-1-3-9-25)22-14-15-4-6-21-19(23-15)26-10-12-28-13-11-26/h4-7H,1-3,8-14H2,(H,22,27). The first-order valence-corrected chi connectivity index (χ1v) is 9.80. The zero-order chi connectivity index (χ0) is 19.2. The van der Waals surface area contributed by atoms with Crippen LogP contribution in [0.4, 0.5) is 11.8 Å². The number of ether oxygens (including phenoxy) is 1. The second kappa shape index (κ2) is 8.92. The van der Waals surface area contributed by atoms with Crippen molar-refractivity contribution in [2.24, 2.45) is 0 Å². The van der Waals surface area contributed by atoms with Gasteiger partial charge in [0.15, 0.2) is 0 Å². The Hall–Kier alpha value is -2.81. The first kappa shape index (κ1) is 18.5. The highest BCUT2D eigenvalue weighted by atomic mass is 16.5. The number of carbonyl (C=O) groups excluding carboxylic acids is 1. The van der Waals surface area contributed by atoms with E-state index in [0.29, 0.717) is 25.7 Å². The lowest BCUT2D eigenvalue weighted by Gasteiger charge is -2.27. The van der Waals surface area contributed by atoms with Gasteiger partial charge in [0.25, 0.3) is 5.91 Å². The maximum Gasteiger partial charge on any atom is 0.289 e. The van der Waals surface area contributed by atoms with Gasteiger partial charge < -0.3 is 19.9 Å². The predicted molar refractivity (Wildman–Crippen MR) is 104 cm³/mol. The minimum absolute atomic E-state index is 0.186. The number of hydrogen-bond donors (Lipinski definition) is 1. The van der Waals surface area contributed by atoms with Gasteiger partial charge in [0.2, 0.25) is 11.8 Å². The maximum absolute atomic E-state index is 12.5. The number of morpholine rings is 1. The lowest BCUT2D eigenvalue weighted by Crippen LogP contribution is -2.37. The monoisotopic (exact) mass is 383 g/mol. The number of hydrogen-bond acceptors (Lipinski definition) is 8. The van der Waals surface area contributed by atoms with Crippen molar-refractivity contribution >= 4 is 17.7 Å². The Morgan fingerprint density at radius 1 is 0.964 bits per heavy atom.